The van der Waals surface area contributed by atoms with Crippen molar-refractivity contribution in [2.75, 3.05) is 19.6 Å². The van der Waals surface area contributed by atoms with Crippen LogP contribution in [0.15, 0.2) is 0 Å². The number of likely N-dealkylation sites (tertiary alicyclic amines) is 1. The summed E-state index contributed by atoms with van der Waals surface area (Å²) in [5.41, 5.74) is 0.298. The van der Waals surface area contributed by atoms with E-state index in [-0.39, 0.29) is 0 Å². The van der Waals surface area contributed by atoms with Gasteiger partial charge in [0.2, 0.25) is 0 Å². The van der Waals surface area contributed by atoms with Crippen LogP contribution in [-0.2, 0) is 4.74 Å². The highest BCUT2D eigenvalue weighted by molar-refractivity contribution is 5.07. The van der Waals surface area contributed by atoms with E-state index in [4.69, 9.17) is 4.74 Å². The minimum absolute atomic E-state index is 0.298. The molecule has 136 valence electrons. The van der Waals surface area contributed by atoms with E-state index >= 15 is 0 Å². The van der Waals surface area contributed by atoms with Crippen molar-refractivity contribution in [3.05, 3.63) is 0 Å². The summed E-state index contributed by atoms with van der Waals surface area (Å²) in [5.74, 6) is 3.24. The Kier molecular flexibility index (Phi) is 6.22. The van der Waals surface area contributed by atoms with E-state index in [1.807, 2.05) is 0 Å². The molecular formula is C21H41NO. The van der Waals surface area contributed by atoms with Crippen molar-refractivity contribution in [1.82, 2.24) is 4.90 Å². The van der Waals surface area contributed by atoms with Crippen LogP contribution in [0.5, 0.6) is 0 Å². The van der Waals surface area contributed by atoms with Crippen molar-refractivity contribution in [1.29, 1.82) is 0 Å². The maximum absolute atomic E-state index is 6.86. The Morgan fingerprint density at radius 3 is 1.78 bits per heavy atom. The first-order valence-corrected chi connectivity index (χ1v) is 10.1. The number of rotatable bonds is 6. The van der Waals surface area contributed by atoms with Crippen molar-refractivity contribution < 1.29 is 4.74 Å². The summed E-state index contributed by atoms with van der Waals surface area (Å²) < 4.78 is 6.86. The minimum atomic E-state index is 0.298. The molecule has 2 aliphatic rings. The van der Waals surface area contributed by atoms with Gasteiger partial charge in [-0.25, -0.2) is 0 Å². The van der Waals surface area contributed by atoms with E-state index in [0.29, 0.717) is 47.2 Å². The Morgan fingerprint density at radius 1 is 0.870 bits per heavy atom. The lowest BCUT2D eigenvalue weighted by Gasteiger charge is -2.49. The van der Waals surface area contributed by atoms with Crippen LogP contribution in [-0.4, -0.2) is 36.7 Å². The SMILES string of the molecule is CC(C)[C@@H]1[C@@H](CN2CCCC2)O[C@@H](C(C)C)C1(C(C)C)C(C)C. The molecular weight excluding hydrogens is 282 g/mol. The maximum atomic E-state index is 6.86. The first-order valence-electron chi connectivity index (χ1n) is 10.1. The largest absolute Gasteiger partial charge is 0.372 e. The van der Waals surface area contributed by atoms with Gasteiger partial charge in [0.1, 0.15) is 0 Å². The topological polar surface area (TPSA) is 12.5 Å². The third kappa shape index (κ3) is 3.35. The zero-order valence-corrected chi connectivity index (χ0v) is 16.9. The molecule has 0 radical (unpaired) electrons. The molecule has 23 heavy (non-hydrogen) atoms. The second-order valence-electron chi connectivity index (χ2n) is 9.43. The van der Waals surface area contributed by atoms with Crippen LogP contribution >= 0.6 is 0 Å². The summed E-state index contributed by atoms with van der Waals surface area (Å²) in [6.07, 6.45) is 3.53. The molecule has 2 saturated heterocycles. The second-order valence-corrected chi connectivity index (χ2v) is 9.43. The van der Waals surface area contributed by atoms with Gasteiger partial charge in [0.15, 0.2) is 0 Å². The van der Waals surface area contributed by atoms with Gasteiger partial charge in [-0.2, -0.15) is 0 Å². The van der Waals surface area contributed by atoms with Crippen molar-refractivity contribution in [3.63, 3.8) is 0 Å². The minimum Gasteiger partial charge on any atom is -0.372 e. The van der Waals surface area contributed by atoms with Gasteiger partial charge in [0.05, 0.1) is 12.2 Å². The van der Waals surface area contributed by atoms with E-state index in [1.165, 1.54) is 25.9 Å². The average Bonchev–Trinajstić information content (AvgIpc) is 3.04. The lowest BCUT2D eigenvalue weighted by molar-refractivity contribution is -0.0598. The van der Waals surface area contributed by atoms with E-state index in [1.54, 1.807) is 0 Å². The van der Waals surface area contributed by atoms with Crippen LogP contribution in [0.2, 0.25) is 0 Å². The van der Waals surface area contributed by atoms with Crippen LogP contribution in [0.1, 0.15) is 68.2 Å². The third-order valence-electron chi connectivity index (χ3n) is 6.75. The number of hydrogen-bond acceptors (Lipinski definition) is 2. The summed E-state index contributed by atoms with van der Waals surface area (Å²) in [4.78, 5) is 2.65. The normalized spacial score (nSPS) is 32.1. The second kappa shape index (κ2) is 7.44. The first-order chi connectivity index (χ1) is 10.7. The molecule has 2 rings (SSSR count). The van der Waals surface area contributed by atoms with Gasteiger partial charge in [-0.3, -0.25) is 0 Å². The predicted octanol–water partition coefficient (Wildman–Crippen LogP) is 5.08. The van der Waals surface area contributed by atoms with Crippen LogP contribution < -0.4 is 0 Å². The monoisotopic (exact) mass is 323 g/mol. The fourth-order valence-electron chi connectivity index (χ4n) is 6.11. The summed E-state index contributed by atoms with van der Waals surface area (Å²) >= 11 is 0. The van der Waals surface area contributed by atoms with E-state index < -0.39 is 0 Å². The van der Waals surface area contributed by atoms with Gasteiger partial charge < -0.3 is 9.64 Å². The standard InChI is InChI=1S/C21H41NO/c1-14(2)19-18(13-22-11-9-10-12-22)23-20(15(3)4)21(19,16(5)6)17(7)8/h14-20H,9-13H2,1-8H3/t18-,19-,20+/m1/s1. The summed E-state index contributed by atoms with van der Waals surface area (Å²) in [6, 6.07) is 0. The van der Waals surface area contributed by atoms with Gasteiger partial charge in [-0.15, -0.1) is 0 Å². The molecule has 0 bridgehead atoms. The molecule has 0 saturated carbocycles. The van der Waals surface area contributed by atoms with Crippen LogP contribution in [0, 0.1) is 35.0 Å². The summed E-state index contributed by atoms with van der Waals surface area (Å²) in [5, 5.41) is 0. The molecule has 0 unspecified atom stereocenters. The van der Waals surface area contributed by atoms with Gasteiger partial charge in [-0.1, -0.05) is 55.4 Å². The van der Waals surface area contributed by atoms with Gasteiger partial charge in [-0.05, 0) is 55.5 Å². The zero-order valence-electron chi connectivity index (χ0n) is 16.9. The lowest BCUT2D eigenvalue weighted by Crippen LogP contribution is -2.50. The molecule has 2 heterocycles. The maximum Gasteiger partial charge on any atom is 0.0743 e. The molecule has 0 aliphatic carbocycles. The molecule has 0 aromatic heterocycles. The quantitative estimate of drug-likeness (QED) is 0.676. The van der Waals surface area contributed by atoms with Crippen molar-refractivity contribution in [3.8, 4) is 0 Å². The van der Waals surface area contributed by atoms with Crippen molar-refractivity contribution in [2.45, 2.75) is 80.4 Å². The average molecular weight is 324 g/mol. The predicted molar refractivity (Wildman–Crippen MR) is 99.6 cm³/mol. The van der Waals surface area contributed by atoms with Crippen molar-refractivity contribution >= 4 is 0 Å². The fourth-order valence-corrected chi connectivity index (χ4v) is 6.11. The molecule has 0 aromatic carbocycles. The Hall–Kier alpha value is -0.0800. The molecule has 2 nitrogen and oxygen atoms in total. The summed E-state index contributed by atoms with van der Waals surface area (Å²) in [7, 11) is 0. The Morgan fingerprint density at radius 2 is 1.39 bits per heavy atom. The molecule has 0 N–H and O–H groups in total. The van der Waals surface area contributed by atoms with Crippen LogP contribution in [0.3, 0.4) is 0 Å². The van der Waals surface area contributed by atoms with E-state index in [9.17, 15) is 0 Å². The van der Waals surface area contributed by atoms with Gasteiger partial charge >= 0.3 is 0 Å². The Balaban J connectivity index is 2.38. The highest BCUT2D eigenvalue weighted by atomic mass is 16.5. The van der Waals surface area contributed by atoms with Gasteiger partial charge in [0.25, 0.3) is 0 Å². The number of nitrogens with zero attached hydrogens (tertiary/aromatic N) is 1. The highest BCUT2D eigenvalue weighted by Gasteiger charge is 2.60. The van der Waals surface area contributed by atoms with Crippen LogP contribution in [0.25, 0.3) is 0 Å². The highest BCUT2D eigenvalue weighted by Crippen LogP contribution is 2.58. The molecule has 3 atom stereocenters. The first kappa shape index (κ1) is 19.2. The molecule has 0 spiro atoms. The van der Waals surface area contributed by atoms with Crippen LogP contribution in [0.4, 0.5) is 0 Å². The van der Waals surface area contributed by atoms with E-state index in [2.05, 4.69) is 60.3 Å². The molecule has 2 aliphatic heterocycles. The van der Waals surface area contributed by atoms with Crippen molar-refractivity contribution in [2.24, 2.45) is 35.0 Å². The zero-order chi connectivity index (χ0) is 17.4. The Bertz CT molecular complexity index is 360. The molecule has 2 fully saturated rings. The molecule has 0 amide bonds. The molecule has 0 aromatic rings. The van der Waals surface area contributed by atoms with Gasteiger partial charge in [0, 0.05) is 12.0 Å². The number of hydrogen-bond donors (Lipinski definition) is 0. The van der Waals surface area contributed by atoms with E-state index in [0.717, 1.165) is 6.54 Å². The third-order valence-corrected chi connectivity index (χ3v) is 6.75. The summed E-state index contributed by atoms with van der Waals surface area (Å²) in [6.45, 7) is 23.0. The lowest BCUT2D eigenvalue weighted by atomic mass is 9.54. The fraction of sp³-hybridized carbons (Fsp3) is 1.00. The number of ether oxygens (including phenoxy) is 1. The smallest absolute Gasteiger partial charge is 0.0743 e. The Labute approximate surface area is 145 Å². The molecule has 2 heteroatoms.